The number of hydrogen-bond donors (Lipinski definition) is 1. The second-order valence-corrected chi connectivity index (χ2v) is 6.69. The van der Waals surface area contributed by atoms with Crippen LogP contribution in [0.4, 0.5) is 4.79 Å². The van der Waals surface area contributed by atoms with Gasteiger partial charge in [-0.3, -0.25) is 0 Å². The Morgan fingerprint density at radius 1 is 1.33 bits per heavy atom. The molecular formula is C19H25N3O2. The summed E-state index contributed by atoms with van der Waals surface area (Å²) < 4.78 is 5.18. The molecule has 24 heavy (non-hydrogen) atoms. The van der Waals surface area contributed by atoms with E-state index in [4.69, 9.17) is 4.52 Å². The normalized spacial score (nSPS) is 15.6. The number of rotatable bonds is 5. The fourth-order valence-electron chi connectivity index (χ4n) is 3.19. The first-order chi connectivity index (χ1) is 11.6. The average molecular weight is 327 g/mol. The molecule has 5 nitrogen and oxygen atoms in total. The van der Waals surface area contributed by atoms with Crippen LogP contribution in [0.25, 0.3) is 0 Å². The molecule has 1 aromatic carbocycles. The second-order valence-electron chi connectivity index (χ2n) is 6.69. The van der Waals surface area contributed by atoms with Gasteiger partial charge < -0.3 is 14.7 Å². The summed E-state index contributed by atoms with van der Waals surface area (Å²) in [5, 5.41) is 7.18. The maximum atomic E-state index is 12.7. The summed E-state index contributed by atoms with van der Waals surface area (Å²) >= 11 is 0. The number of carbonyl (C=O) groups is 1. The first kappa shape index (κ1) is 16.6. The lowest BCUT2D eigenvalue weighted by atomic mass is 9.77. The van der Waals surface area contributed by atoms with Crippen molar-refractivity contribution in [3.8, 4) is 0 Å². The first-order valence-corrected chi connectivity index (χ1v) is 8.54. The lowest BCUT2D eigenvalue weighted by molar-refractivity contribution is 0.182. The van der Waals surface area contributed by atoms with Crippen molar-refractivity contribution >= 4 is 6.03 Å². The van der Waals surface area contributed by atoms with Crippen molar-refractivity contribution in [3.63, 3.8) is 0 Å². The third kappa shape index (κ3) is 3.45. The molecule has 1 N–H and O–H groups in total. The standard InChI is InChI=1S/C19H25N3O2/c1-13-17(14(2)24-21-13)12-22(3)19(23)20-18(16-10-7-11-16)15-8-5-4-6-9-15/h4-6,8-9,16,18H,7,10-12H2,1-3H3,(H,20,23)/t18-/m1/s1. The van der Waals surface area contributed by atoms with E-state index < -0.39 is 0 Å². The zero-order valence-corrected chi connectivity index (χ0v) is 14.6. The van der Waals surface area contributed by atoms with Gasteiger partial charge in [-0.2, -0.15) is 0 Å². The van der Waals surface area contributed by atoms with Crippen molar-refractivity contribution in [2.45, 2.75) is 45.7 Å². The molecule has 1 fully saturated rings. The Balaban J connectivity index is 1.69. The molecule has 0 saturated heterocycles. The van der Waals surface area contributed by atoms with E-state index in [0.29, 0.717) is 12.5 Å². The van der Waals surface area contributed by atoms with Gasteiger partial charge in [-0.25, -0.2) is 4.79 Å². The monoisotopic (exact) mass is 327 g/mol. The molecule has 5 heteroatoms. The first-order valence-electron chi connectivity index (χ1n) is 8.54. The topological polar surface area (TPSA) is 58.4 Å². The number of aromatic nitrogens is 1. The van der Waals surface area contributed by atoms with E-state index in [1.165, 1.54) is 24.8 Å². The van der Waals surface area contributed by atoms with E-state index in [2.05, 4.69) is 22.6 Å². The number of hydrogen-bond acceptors (Lipinski definition) is 3. The van der Waals surface area contributed by atoms with Gasteiger partial charge in [-0.05, 0) is 38.2 Å². The van der Waals surface area contributed by atoms with Crippen molar-refractivity contribution < 1.29 is 9.32 Å². The predicted molar refractivity (Wildman–Crippen MR) is 92.5 cm³/mol. The van der Waals surface area contributed by atoms with Crippen LogP contribution in [0.15, 0.2) is 34.9 Å². The number of nitrogens with zero attached hydrogens (tertiary/aromatic N) is 2. The molecule has 1 atom stereocenters. The molecule has 128 valence electrons. The fourth-order valence-corrected chi connectivity index (χ4v) is 3.19. The van der Waals surface area contributed by atoms with Crippen molar-refractivity contribution in [3.05, 3.63) is 52.9 Å². The predicted octanol–water partition coefficient (Wildman–Crippen LogP) is 3.97. The summed E-state index contributed by atoms with van der Waals surface area (Å²) in [5.41, 5.74) is 3.00. The highest BCUT2D eigenvalue weighted by molar-refractivity contribution is 5.74. The molecule has 1 heterocycles. The highest BCUT2D eigenvalue weighted by Gasteiger charge is 2.30. The molecule has 0 spiro atoms. The molecule has 1 aliphatic carbocycles. The highest BCUT2D eigenvalue weighted by Crippen LogP contribution is 2.37. The number of urea groups is 1. The van der Waals surface area contributed by atoms with Crippen LogP contribution in [0.5, 0.6) is 0 Å². The summed E-state index contributed by atoms with van der Waals surface area (Å²) in [5.74, 6) is 1.30. The van der Waals surface area contributed by atoms with Crippen LogP contribution < -0.4 is 5.32 Å². The smallest absolute Gasteiger partial charge is 0.317 e. The van der Waals surface area contributed by atoms with E-state index >= 15 is 0 Å². The lowest BCUT2D eigenvalue weighted by Gasteiger charge is -2.35. The maximum Gasteiger partial charge on any atom is 0.317 e. The van der Waals surface area contributed by atoms with E-state index in [9.17, 15) is 4.79 Å². The quantitative estimate of drug-likeness (QED) is 0.904. The van der Waals surface area contributed by atoms with Crippen molar-refractivity contribution in [2.75, 3.05) is 7.05 Å². The third-order valence-electron chi connectivity index (χ3n) is 4.98. The fraction of sp³-hybridized carbons (Fsp3) is 0.474. The Kier molecular flexibility index (Phi) is 4.88. The van der Waals surface area contributed by atoms with Crippen LogP contribution in [0.2, 0.25) is 0 Å². The zero-order valence-electron chi connectivity index (χ0n) is 14.6. The number of benzene rings is 1. The van der Waals surface area contributed by atoms with Crippen molar-refractivity contribution in [2.24, 2.45) is 5.92 Å². The molecule has 0 aliphatic heterocycles. The summed E-state index contributed by atoms with van der Waals surface area (Å²) in [7, 11) is 1.81. The second kappa shape index (κ2) is 7.07. The average Bonchev–Trinajstić information content (AvgIpc) is 2.85. The van der Waals surface area contributed by atoms with E-state index in [1.807, 2.05) is 39.1 Å². The lowest BCUT2D eigenvalue weighted by Crippen LogP contribution is -2.42. The molecule has 2 aromatic rings. The molecule has 1 aromatic heterocycles. The molecule has 0 bridgehead atoms. The molecular weight excluding hydrogens is 302 g/mol. The maximum absolute atomic E-state index is 12.7. The minimum absolute atomic E-state index is 0.0595. The van der Waals surface area contributed by atoms with Crippen LogP contribution in [0, 0.1) is 19.8 Å². The van der Waals surface area contributed by atoms with Gasteiger partial charge in [-0.1, -0.05) is 41.9 Å². The molecule has 1 aliphatic rings. The highest BCUT2D eigenvalue weighted by atomic mass is 16.5. The van der Waals surface area contributed by atoms with E-state index in [-0.39, 0.29) is 12.1 Å². The zero-order chi connectivity index (χ0) is 17.1. The molecule has 0 unspecified atom stereocenters. The Labute approximate surface area is 143 Å². The number of nitrogens with one attached hydrogen (secondary N) is 1. The van der Waals surface area contributed by atoms with Crippen LogP contribution >= 0.6 is 0 Å². The van der Waals surface area contributed by atoms with Crippen molar-refractivity contribution in [1.29, 1.82) is 0 Å². The van der Waals surface area contributed by atoms with Gasteiger partial charge in [0.2, 0.25) is 0 Å². The Bertz CT molecular complexity index is 672. The third-order valence-corrected chi connectivity index (χ3v) is 4.98. The molecule has 3 rings (SSSR count). The van der Waals surface area contributed by atoms with Gasteiger partial charge in [0, 0.05) is 12.6 Å². The summed E-state index contributed by atoms with van der Waals surface area (Å²) in [6, 6.07) is 10.3. The minimum Gasteiger partial charge on any atom is -0.361 e. The largest absolute Gasteiger partial charge is 0.361 e. The minimum atomic E-state index is -0.0595. The van der Waals surface area contributed by atoms with Gasteiger partial charge in [-0.15, -0.1) is 0 Å². The molecule has 1 saturated carbocycles. The van der Waals surface area contributed by atoms with Gasteiger partial charge >= 0.3 is 6.03 Å². The van der Waals surface area contributed by atoms with Crippen LogP contribution in [-0.2, 0) is 6.54 Å². The Morgan fingerprint density at radius 3 is 2.58 bits per heavy atom. The van der Waals surface area contributed by atoms with Gasteiger partial charge in [0.25, 0.3) is 0 Å². The Hall–Kier alpha value is -2.30. The van der Waals surface area contributed by atoms with Gasteiger partial charge in [0.15, 0.2) is 0 Å². The van der Waals surface area contributed by atoms with Gasteiger partial charge in [0.05, 0.1) is 18.3 Å². The number of aryl methyl sites for hydroxylation is 2. The van der Waals surface area contributed by atoms with Crippen LogP contribution in [-0.4, -0.2) is 23.1 Å². The van der Waals surface area contributed by atoms with E-state index in [0.717, 1.165) is 17.0 Å². The SMILES string of the molecule is Cc1noc(C)c1CN(C)C(=O)N[C@H](c1ccccc1)C1CCC1. The number of amides is 2. The Morgan fingerprint density at radius 2 is 2.04 bits per heavy atom. The summed E-state index contributed by atoms with van der Waals surface area (Å²) in [4.78, 5) is 14.4. The summed E-state index contributed by atoms with van der Waals surface area (Å²) in [6.45, 7) is 4.28. The number of carbonyl (C=O) groups excluding carboxylic acids is 1. The van der Waals surface area contributed by atoms with Crippen molar-refractivity contribution in [1.82, 2.24) is 15.4 Å². The van der Waals surface area contributed by atoms with Crippen LogP contribution in [0.3, 0.4) is 0 Å². The summed E-state index contributed by atoms with van der Waals surface area (Å²) in [6.07, 6.45) is 3.60. The van der Waals surface area contributed by atoms with E-state index in [1.54, 1.807) is 4.90 Å². The van der Waals surface area contributed by atoms with Crippen LogP contribution in [0.1, 0.15) is 47.9 Å². The molecule has 2 amide bonds. The molecule has 0 radical (unpaired) electrons. The van der Waals surface area contributed by atoms with Gasteiger partial charge in [0.1, 0.15) is 5.76 Å².